The van der Waals surface area contributed by atoms with E-state index in [1.165, 1.54) is 0 Å². The lowest BCUT2D eigenvalue weighted by molar-refractivity contribution is 0.531. The standard InChI is InChI=1S/C18H14Cl3NO/c1-11-2-3-12(6-17(11)21)18-5-4-16(23-18)10-22-15-8-13(19)7-14(20)9-15/h2-9,22H,10H2,1H3. The third-order valence-electron chi connectivity index (χ3n) is 3.45. The molecule has 0 fully saturated rings. The summed E-state index contributed by atoms with van der Waals surface area (Å²) in [6.07, 6.45) is 0. The fourth-order valence-corrected chi connectivity index (χ4v) is 2.93. The third kappa shape index (κ3) is 4.03. The molecule has 2 aromatic carbocycles. The van der Waals surface area contributed by atoms with Gasteiger partial charge in [-0.25, -0.2) is 0 Å². The summed E-state index contributed by atoms with van der Waals surface area (Å²) in [7, 11) is 0. The molecule has 0 radical (unpaired) electrons. The second-order valence-corrected chi connectivity index (χ2v) is 6.52. The Morgan fingerprint density at radius 3 is 2.35 bits per heavy atom. The fourth-order valence-electron chi connectivity index (χ4n) is 2.22. The van der Waals surface area contributed by atoms with Crippen molar-refractivity contribution < 1.29 is 4.42 Å². The van der Waals surface area contributed by atoms with Gasteiger partial charge in [-0.2, -0.15) is 0 Å². The normalized spacial score (nSPS) is 10.8. The van der Waals surface area contributed by atoms with Crippen molar-refractivity contribution in [3.63, 3.8) is 0 Å². The molecule has 23 heavy (non-hydrogen) atoms. The van der Waals surface area contributed by atoms with Crippen molar-refractivity contribution in [2.75, 3.05) is 5.32 Å². The van der Waals surface area contributed by atoms with Crippen molar-refractivity contribution in [3.05, 3.63) is 74.9 Å². The summed E-state index contributed by atoms with van der Waals surface area (Å²) < 4.78 is 5.86. The Kier molecular flexibility index (Phi) is 4.86. The molecule has 0 unspecified atom stereocenters. The smallest absolute Gasteiger partial charge is 0.134 e. The first-order chi connectivity index (χ1) is 11.0. The number of halogens is 3. The maximum Gasteiger partial charge on any atom is 0.134 e. The second kappa shape index (κ2) is 6.88. The minimum Gasteiger partial charge on any atom is -0.459 e. The Hall–Kier alpha value is -1.61. The number of hydrogen-bond acceptors (Lipinski definition) is 2. The molecule has 0 bridgehead atoms. The van der Waals surface area contributed by atoms with E-state index in [0.717, 1.165) is 33.4 Å². The maximum absolute atomic E-state index is 6.16. The molecular formula is C18H14Cl3NO. The van der Waals surface area contributed by atoms with Crippen LogP contribution in [0.1, 0.15) is 11.3 Å². The van der Waals surface area contributed by atoms with Crippen LogP contribution in [0.3, 0.4) is 0 Å². The van der Waals surface area contributed by atoms with Gasteiger partial charge < -0.3 is 9.73 Å². The summed E-state index contributed by atoms with van der Waals surface area (Å²) >= 11 is 18.1. The number of benzene rings is 2. The SMILES string of the molecule is Cc1ccc(-c2ccc(CNc3cc(Cl)cc(Cl)c3)o2)cc1Cl. The van der Waals surface area contributed by atoms with E-state index < -0.39 is 0 Å². The summed E-state index contributed by atoms with van der Waals surface area (Å²) in [5.41, 5.74) is 2.85. The zero-order valence-corrected chi connectivity index (χ0v) is 14.6. The van der Waals surface area contributed by atoms with Crippen LogP contribution in [0.2, 0.25) is 15.1 Å². The van der Waals surface area contributed by atoms with Gasteiger partial charge in [0.05, 0.1) is 6.54 Å². The Bertz CT molecular complexity index is 822. The molecular weight excluding hydrogens is 353 g/mol. The lowest BCUT2D eigenvalue weighted by atomic mass is 10.1. The minimum atomic E-state index is 0.538. The number of rotatable bonds is 4. The average Bonchev–Trinajstić information content (AvgIpc) is 2.96. The van der Waals surface area contributed by atoms with Crippen LogP contribution < -0.4 is 5.32 Å². The molecule has 0 aliphatic heterocycles. The van der Waals surface area contributed by atoms with Crippen molar-refractivity contribution in [2.24, 2.45) is 0 Å². The van der Waals surface area contributed by atoms with E-state index in [1.54, 1.807) is 6.07 Å². The number of anilines is 1. The quantitative estimate of drug-likeness (QED) is 0.547. The van der Waals surface area contributed by atoms with E-state index in [9.17, 15) is 0 Å². The predicted molar refractivity (Wildman–Crippen MR) is 97.7 cm³/mol. The summed E-state index contributed by atoms with van der Waals surface area (Å²) in [6.45, 7) is 2.51. The van der Waals surface area contributed by atoms with Crippen molar-refractivity contribution in [1.82, 2.24) is 0 Å². The largest absolute Gasteiger partial charge is 0.459 e. The number of hydrogen-bond donors (Lipinski definition) is 1. The Balaban J connectivity index is 1.73. The monoisotopic (exact) mass is 365 g/mol. The van der Waals surface area contributed by atoms with Crippen LogP contribution in [0.15, 0.2) is 52.9 Å². The lowest BCUT2D eigenvalue weighted by Gasteiger charge is -2.06. The summed E-state index contributed by atoms with van der Waals surface area (Å²) in [4.78, 5) is 0. The van der Waals surface area contributed by atoms with Gasteiger partial charge in [0.15, 0.2) is 0 Å². The summed E-state index contributed by atoms with van der Waals surface area (Å²) in [6, 6.07) is 15.1. The van der Waals surface area contributed by atoms with E-state index in [-0.39, 0.29) is 0 Å². The van der Waals surface area contributed by atoms with Gasteiger partial charge in [0.2, 0.25) is 0 Å². The second-order valence-electron chi connectivity index (χ2n) is 5.24. The van der Waals surface area contributed by atoms with Crippen LogP contribution in [0, 0.1) is 6.92 Å². The Morgan fingerprint density at radius 2 is 1.65 bits per heavy atom. The van der Waals surface area contributed by atoms with Gasteiger partial charge in [0.1, 0.15) is 11.5 Å². The summed E-state index contributed by atoms with van der Waals surface area (Å²) in [5.74, 6) is 1.60. The Labute approximate surface area is 150 Å². The Morgan fingerprint density at radius 1 is 0.913 bits per heavy atom. The van der Waals surface area contributed by atoms with Crippen LogP contribution in [0.5, 0.6) is 0 Å². The van der Waals surface area contributed by atoms with Gasteiger partial charge in [-0.05, 0) is 48.9 Å². The van der Waals surface area contributed by atoms with Gasteiger partial charge in [0.25, 0.3) is 0 Å². The van der Waals surface area contributed by atoms with E-state index in [2.05, 4.69) is 5.32 Å². The molecule has 1 aromatic heterocycles. The zero-order valence-electron chi connectivity index (χ0n) is 12.4. The van der Waals surface area contributed by atoms with Gasteiger partial charge >= 0.3 is 0 Å². The van der Waals surface area contributed by atoms with Gasteiger partial charge in [-0.15, -0.1) is 0 Å². The summed E-state index contributed by atoms with van der Waals surface area (Å²) in [5, 5.41) is 5.15. The molecule has 0 spiro atoms. The fraction of sp³-hybridized carbons (Fsp3) is 0.111. The molecule has 3 aromatic rings. The molecule has 118 valence electrons. The molecule has 2 nitrogen and oxygen atoms in total. The van der Waals surface area contributed by atoms with Crippen molar-refractivity contribution in [1.29, 1.82) is 0 Å². The first-order valence-corrected chi connectivity index (χ1v) is 8.20. The average molecular weight is 367 g/mol. The lowest BCUT2D eigenvalue weighted by Crippen LogP contribution is -1.97. The molecule has 0 aliphatic rings. The minimum absolute atomic E-state index is 0.538. The van der Waals surface area contributed by atoms with Gasteiger partial charge in [-0.3, -0.25) is 0 Å². The van der Waals surface area contributed by atoms with Crippen LogP contribution in [-0.2, 0) is 6.54 Å². The van der Waals surface area contributed by atoms with Crippen LogP contribution in [0.4, 0.5) is 5.69 Å². The van der Waals surface area contributed by atoms with E-state index >= 15 is 0 Å². The molecule has 0 aliphatic carbocycles. The topological polar surface area (TPSA) is 25.2 Å². The van der Waals surface area contributed by atoms with Gasteiger partial charge in [-0.1, -0.05) is 46.9 Å². The molecule has 5 heteroatoms. The highest BCUT2D eigenvalue weighted by Gasteiger charge is 2.07. The first-order valence-electron chi connectivity index (χ1n) is 7.06. The highest BCUT2D eigenvalue weighted by molar-refractivity contribution is 6.35. The van der Waals surface area contributed by atoms with E-state index in [1.807, 2.05) is 49.4 Å². The highest BCUT2D eigenvalue weighted by atomic mass is 35.5. The third-order valence-corrected chi connectivity index (χ3v) is 4.29. The predicted octanol–water partition coefficient (Wildman–Crippen LogP) is 6.83. The number of furan rings is 1. The molecule has 3 rings (SSSR count). The van der Waals surface area contributed by atoms with E-state index in [4.69, 9.17) is 39.2 Å². The van der Waals surface area contributed by atoms with Crippen molar-refractivity contribution >= 4 is 40.5 Å². The van der Waals surface area contributed by atoms with Crippen molar-refractivity contribution in [3.8, 4) is 11.3 Å². The van der Waals surface area contributed by atoms with Crippen LogP contribution >= 0.6 is 34.8 Å². The van der Waals surface area contributed by atoms with Crippen molar-refractivity contribution in [2.45, 2.75) is 13.5 Å². The van der Waals surface area contributed by atoms with Gasteiger partial charge in [0, 0.05) is 26.3 Å². The van der Waals surface area contributed by atoms with E-state index in [0.29, 0.717) is 16.6 Å². The number of nitrogens with one attached hydrogen (secondary N) is 1. The molecule has 0 saturated carbocycles. The van der Waals surface area contributed by atoms with Crippen LogP contribution in [0.25, 0.3) is 11.3 Å². The molecule has 1 N–H and O–H groups in total. The van der Waals surface area contributed by atoms with Crippen LogP contribution in [-0.4, -0.2) is 0 Å². The highest BCUT2D eigenvalue weighted by Crippen LogP contribution is 2.28. The number of aryl methyl sites for hydroxylation is 1. The molecule has 0 atom stereocenters. The molecule has 0 saturated heterocycles. The first kappa shape index (κ1) is 16.3. The zero-order chi connectivity index (χ0) is 16.4. The maximum atomic E-state index is 6.16. The molecule has 0 amide bonds. The molecule has 1 heterocycles.